The second-order valence-electron chi connectivity index (χ2n) is 4.31. The van der Waals surface area contributed by atoms with Crippen LogP contribution in [0.5, 0.6) is 0 Å². The number of hydrogen-bond acceptors (Lipinski definition) is 4. The molecule has 1 aromatic heterocycles. The second-order valence-corrected chi connectivity index (χ2v) is 4.31. The van der Waals surface area contributed by atoms with E-state index in [1.165, 1.54) is 6.26 Å². The van der Waals surface area contributed by atoms with Gasteiger partial charge in [-0.15, -0.1) is 0 Å². The quantitative estimate of drug-likeness (QED) is 0.798. The van der Waals surface area contributed by atoms with Crippen LogP contribution in [-0.2, 0) is 4.79 Å². The first-order valence-electron chi connectivity index (χ1n) is 5.68. The van der Waals surface area contributed by atoms with E-state index in [0.29, 0.717) is 18.7 Å². The Bertz CT molecular complexity index is 399. The summed E-state index contributed by atoms with van der Waals surface area (Å²) in [5.74, 6) is -0.892. The van der Waals surface area contributed by atoms with Gasteiger partial charge in [0.2, 0.25) is 5.78 Å². The van der Waals surface area contributed by atoms with Crippen LogP contribution in [0.2, 0.25) is 0 Å². The Morgan fingerprint density at radius 2 is 2.35 bits per heavy atom. The third-order valence-corrected chi connectivity index (χ3v) is 3.02. The SMILES string of the molecule is O=C(CN1CCCC(C(=O)O)C1)c1ccco1. The van der Waals surface area contributed by atoms with Crippen LogP contribution in [0.3, 0.4) is 0 Å². The number of carboxylic acid groups (broad SMARTS) is 1. The molecular weight excluding hydrogens is 222 g/mol. The zero-order valence-corrected chi connectivity index (χ0v) is 9.46. The highest BCUT2D eigenvalue weighted by molar-refractivity contribution is 5.95. The number of likely N-dealkylation sites (tertiary alicyclic amines) is 1. The van der Waals surface area contributed by atoms with Crippen LogP contribution in [0.25, 0.3) is 0 Å². The predicted molar refractivity (Wildman–Crippen MR) is 59.8 cm³/mol. The molecule has 5 nitrogen and oxygen atoms in total. The molecule has 0 radical (unpaired) electrons. The highest BCUT2D eigenvalue weighted by Crippen LogP contribution is 2.17. The number of carbonyl (C=O) groups is 2. The first-order valence-corrected chi connectivity index (χ1v) is 5.68. The van der Waals surface area contributed by atoms with Gasteiger partial charge in [-0.3, -0.25) is 14.5 Å². The molecule has 1 fully saturated rings. The van der Waals surface area contributed by atoms with Crippen molar-refractivity contribution < 1.29 is 19.1 Å². The van der Waals surface area contributed by atoms with Gasteiger partial charge in [0.05, 0.1) is 18.7 Å². The van der Waals surface area contributed by atoms with Gasteiger partial charge in [-0.05, 0) is 31.5 Å². The van der Waals surface area contributed by atoms with Crippen LogP contribution in [0, 0.1) is 5.92 Å². The van der Waals surface area contributed by atoms with Crippen molar-refractivity contribution in [3.63, 3.8) is 0 Å². The molecule has 0 bridgehead atoms. The molecule has 2 rings (SSSR count). The van der Waals surface area contributed by atoms with E-state index in [2.05, 4.69) is 0 Å². The molecule has 0 aromatic carbocycles. The van der Waals surface area contributed by atoms with Crippen molar-refractivity contribution in [2.75, 3.05) is 19.6 Å². The van der Waals surface area contributed by atoms with Crippen LogP contribution in [0.4, 0.5) is 0 Å². The molecule has 1 N–H and O–H groups in total. The number of ketones is 1. The number of aliphatic carboxylic acids is 1. The summed E-state index contributed by atoms with van der Waals surface area (Å²) >= 11 is 0. The molecule has 1 saturated heterocycles. The average Bonchev–Trinajstić information content (AvgIpc) is 2.82. The number of furan rings is 1. The first kappa shape index (κ1) is 11.9. The van der Waals surface area contributed by atoms with Gasteiger partial charge >= 0.3 is 5.97 Å². The molecule has 1 atom stereocenters. The summed E-state index contributed by atoms with van der Waals surface area (Å²) in [5, 5.41) is 8.94. The summed E-state index contributed by atoms with van der Waals surface area (Å²) < 4.78 is 5.02. The van der Waals surface area contributed by atoms with E-state index in [1.54, 1.807) is 12.1 Å². The summed E-state index contributed by atoms with van der Waals surface area (Å²) in [6, 6.07) is 3.30. The normalized spacial score (nSPS) is 21.3. The maximum absolute atomic E-state index is 11.8. The van der Waals surface area contributed by atoms with Crippen molar-refractivity contribution in [2.45, 2.75) is 12.8 Å². The molecular formula is C12H15NO4. The molecule has 0 amide bonds. The summed E-state index contributed by atoms with van der Waals surface area (Å²) in [4.78, 5) is 24.5. The third-order valence-electron chi connectivity index (χ3n) is 3.02. The Hall–Kier alpha value is -1.62. The smallest absolute Gasteiger partial charge is 0.307 e. The zero-order valence-electron chi connectivity index (χ0n) is 9.46. The van der Waals surface area contributed by atoms with Gasteiger partial charge in [-0.25, -0.2) is 0 Å². The summed E-state index contributed by atoms with van der Waals surface area (Å²) in [6.45, 7) is 1.45. The van der Waals surface area contributed by atoms with Gasteiger partial charge in [-0.1, -0.05) is 0 Å². The summed E-state index contributed by atoms with van der Waals surface area (Å²) in [6.07, 6.45) is 2.98. The van der Waals surface area contributed by atoms with Crippen molar-refractivity contribution in [3.05, 3.63) is 24.2 Å². The van der Waals surface area contributed by atoms with E-state index in [9.17, 15) is 9.59 Å². The van der Waals surface area contributed by atoms with Crippen molar-refractivity contribution in [1.82, 2.24) is 4.90 Å². The molecule has 1 unspecified atom stereocenters. The van der Waals surface area contributed by atoms with E-state index in [0.717, 1.165) is 13.0 Å². The van der Waals surface area contributed by atoms with E-state index < -0.39 is 5.97 Å². The average molecular weight is 237 g/mol. The lowest BCUT2D eigenvalue weighted by Gasteiger charge is -2.29. The molecule has 1 aliphatic heterocycles. The molecule has 92 valence electrons. The number of Topliss-reactive ketones (excluding diaryl/α,β-unsaturated/α-hetero) is 1. The molecule has 0 saturated carbocycles. The van der Waals surface area contributed by atoms with Crippen LogP contribution >= 0.6 is 0 Å². The van der Waals surface area contributed by atoms with Gasteiger partial charge in [0.15, 0.2) is 5.76 Å². The van der Waals surface area contributed by atoms with Crippen LogP contribution in [0.1, 0.15) is 23.4 Å². The minimum atomic E-state index is -0.778. The highest BCUT2D eigenvalue weighted by atomic mass is 16.4. The van der Waals surface area contributed by atoms with E-state index in [1.807, 2.05) is 4.90 Å². The van der Waals surface area contributed by atoms with Crippen LogP contribution in [-0.4, -0.2) is 41.4 Å². The maximum Gasteiger partial charge on any atom is 0.307 e. The van der Waals surface area contributed by atoms with Crippen molar-refractivity contribution in [1.29, 1.82) is 0 Å². The minimum absolute atomic E-state index is 0.0963. The number of carbonyl (C=O) groups excluding carboxylic acids is 1. The second kappa shape index (κ2) is 5.14. The number of hydrogen-bond donors (Lipinski definition) is 1. The van der Waals surface area contributed by atoms with E-state index in [4.69, 9.17) is 9.52 Å². The molecule has 2 heterocycles. The number of nitrogens with zero attached hydrogens (tertiary/aromatic N) is 1. The fourth-order valence-corrected chi connectivity index (χ4v) is 2.12. The standard InChI is InChI=1S/C12H15NO4/c14-10(11-4-2-6-17-11)8-13-5-1-3-9(7-13)12(15)16/h2,4,6,9H,1,3,5,7-8H2,(H,15,16). The fraction of sp³-hybridized carbons (Fsp3) is 0.500. The first-order chi connectivity index (χ1) is 8.16. The molecule has 0 spiro atoms. The predicted octanol–water partition coefficient (Wildman–Crippen LogP) is 1.26. The van der Waals surface area contributed by atoms with Crippen LogP contribution < -0.4 is 0 Å². The molecule has 1 aliphatic rings. The van der Waals surface area contributed by atoms with Gasteiger partial charge < -0.3 is 9.52 Å². The van der Waals surface area contributed by atoms with E-state index in [-0.39, 0.29) is 18.2 Å². The van der Waals surface area contributed by atoms with Crippen molar-refractivity contribution in [2.24, 2.45) is 5.92 Å². The van der Waals surface area contributed by atoms with Gasteiger partial charge in [0.25, 0.3) is 0 Å². The number of piperidine rings is 1. The third kappa shape index (κ3) is 2.94. The molecule has 5 heteroatoms. The van der Waals surface area contributed by atoms with Crippen LogP contribution in [0.15, 0.2) is 22.8 Å². The molecule has 1 aromatic rings. The number of rotatable bonds is 4. The van der Waals surface area contributed by atoms with Crippen molar-refractivity contribution in [3.8, 4) is 0 Å². The van der Waals surface area contributed by atoms with Gasteiger partial charge in [-0.2, -0.15) is 0 Å². The van der Waals surface area contributed by atoms with E-state index >= 15 is 0 Å². The minimum Gasteiger partial charge on any atom is -0.481 e. The Morgan fingerprint density at radius 3 is 3.00 bits per heavy atom. The fourth-order valence-electron chi connectivity index (χ4n) is 2.12. The highest BCUT2D eigenvalue weighted by Gasteiger charge is 2.26. The topological polar surface area (TPSA) is 70.8 Å². The van der Waals surface area contributed by atoms with Gasteiger partial charge in [0, 0.05) is 6.54 Å². The Labute approximate surface area is 99.0 Å². The lowest BCUT2D eigenvalue weighted by molar-refractivity contribution is -0.143. The Morgan fingerprint density at radius 1 is 1.53 bits per heavy atom. The van der Waals surface area contributed by atoms with Crippen molar-refractivity contribution >= 4 is 11.8 Å². The lowest BCUT2D eigenvalue weighted by atomic mass is 9.98. The maximum atomic E-state index is 11.8. The lowest BCUT2D eigenvalue weighted by Crippen LogP contribution is -2.41. The largest absolute Gasteiger partial charge is 0.481 e. The zero-order chi connectivity index (χ0) is 12.3. The summed E-state index contributed by atoms with van der Waals surface area (Å²) in [5.41, 5.74) is 0. The number of carboxylic acids is 1. The summed E-state index contributed by atoms with van der Waals surface area (Å²) in [7, 11) is 0. The van der Waals surface area contributed by atoms with Gasteiger partial charge in [0.1, 0.15) is 0 Å². The Kier molecular flexibility index (Phi) is 3.58. The Balaban J connectivity index is 1.91. The molecule has 0 aliphatic carbocycles. The monoisotopic (exact) mass is 237 g/mol. The molecule has 17 heavy (non-hydrogen) atoms.